The monoisotopic (exact) mass is 338 g/mol. The van der Waals surface area contributed by atoms with Gasteiger partial charge in [-0.1, -0.05) is 12.1 Å². The van der Waals surface area contributed by atoms with Crippen LogP contribution in [0.5, 0.6) is 0 Å². The number of thiophene rings is 1. The second-order valence-corrected chi connectivity index (χ2v) is 6.82. The minimum absolute atomic E-state index is 0.0797. The Morgan fingerprint density at radius 1 is 1.37 bits per heavy atom. The summed E-state index contributed by atoms with van der Waals surface area (Å²) in [7, 11) is 4.04. The Kier molecular flexibility index (Phi) is 4.74. The molecule has 1 aromatic heterocycles. The highest BCUT2D eigenvalue weighted by molar-refractivity contribution is 9.11. The number of rotatable bonds is 4. The van der Waals surface area contributed by atoms with Gasteiger partial charge in [0.1, 0.15) is 0 Å². The predicted molar refractivity (Wildman–Crippen MR) is 83.8 cm³/mol. The first kappa shape index (κ1) is 14.2. The molecule has 5 heteroatoms. The van der Waals surface area contributed by atoms with Crippen molar-refractivity contribution in [2.24, 2.45) is 0 Å². The van der Waals surface area contributed by atoms with Crippen molar-refractivity contribution in [2.75, 3.05) is 19.4 Å². The third-order valence-electron chi connectivity index (χ3n) is 2.51. The smallest absolute Gasteiger partial charge is 0.256 e. The average Bonchev–Trinajstić information content (AvgIpc) is 2.75. The highest BCUT2D eigenvalue weighted by atomic mass is 79.9. The number of carbonyl (C=O) groups is 1. The number of amides is 1. The van der Waals surface area contributed by atoms with Crippen molar-refractivity contribution in [3.8, 4) is 0 Å². The molecule has 19 heavy (non-hydrogen) atoms. The molecule has 1 heterocycles. The molecule has 0 unspecified atom stereocenters. The van der Waals surface area contributed by atoms with Gasteiger partial charge in [-0.25, -0.2) is 0 Å². The molecule has 1 N–H and O–H groups in total. The quantitative estimate of drug-likeness (QED) is 0.918. The van der Waals surface area contributed by atoms with E-state index in [0.29, 0.717) is 5.56 Å². The maximum atomic E-state index is 12.0. The summed E-state index contributed by atoms with van der Waals surface area (Å²) in [5.41, 5.74) is 2.68. The van der Waals surface area contributed by atoms with Gasteiger partial charge in [0, 0.05) is 17.6 Å². The van der Waals surface area contributed by atoms with Crippen LogP contribution in [0.25, 0.3) is 0 Å². The van der Waals surface area contributed by atoms with Crippen LogP contribution in [0.3, 0.4) is 0 Å². The summed E-state index contributed by atoms with van der Waals surface area (Å²) >= 11 is 4.86. The van der Waals surface area contributed by atoms with Crippen LogP contribution in [0.4, 0.5) is 5.69 Å². The standard InChI is InChI=1S/C14H15BrN2OS/c1-17(2)8-10-4-3-5-12(6-10)16-14(18)11-7-13(15)19-9-11/h3-7,9H,8H2,1-2H3,(H,16,18). The SMILES string of the molecule is CN(C)Cc1cccc(NC(=O)c2csc(Br)c2)c1. The van der Waals surface area contributed by atoms with Crippen LogP contribution in [0.2, 0.25) is 0 Å². The lowest BCUT2D eigenvalue weighted by molar-refractivity contribution is 0.102. The van der Waals surface area contributed by atoms with E-state index >= 15 is 0 Å². The highest BCUT2D eigenvalue weighted by Gasteiger charge is 2.08. The Bertz CT molecular complexity index is 580. The first-order chi connectivity index (χ1) is 9.04. The molecule has 0 bridgehead atoms. The largest absolute Gasteiger partial charge is 0.322 e. The molecule has 2 aromatic rings. The van der Waals surface area contributed by atoms with E-state index in [9.17, 15) is 4.79 Å². The highest BCUT2D eigenvalue weighted by Crippen LogP contribution is 2.21. The molecular weight excluding hydrogens is 324 g/mol. The van der Waals surface area contributed by atoms with Crippen LogP contribution in [0.1, 0.15) is 15.9 Å². The van der Waals surface area contributed by atoms with E-state index in [-0.39, 0.29) is 5.91 Å². The van der Waals surface area contributed by atoms with Crippen molar-refractivity contribution in [1.82, 2.24) is 4.90 Å². The number of benzene rings is 1. The summed E-state index contributed by atoms with van der Waals surface area (Å²) in [6.45, 7) is 0.855. The second-order valence-electron chi connectivity index (χ2n) is 4.53. The average molecular weight is 339 g/mol. The molecule has 3 nitrogen and oxygen atoms in total. The molecule has 0 saturated heterocycles. The Morgan fingerprint density at radius 2 is 2.16 bits per heavy atom. The van der Waals surface area contributed by atoms with Gasteiger partial charge in [-0.05, 0) is 53.8 Å². The molecule has 0 fully saturated rings. The topological polar surface area (TPSA) is 32.3 Å². The Morgan fingerprint density at radius 3 is 2.79 bits per heavy atom. The van der Waals surface area contributed by atoms with Crippen LogP contribution in [0, 0.1) is 0 Å². The zero-order valence-electron chi connectivity index (χ0n) is 10.8. The Labute approximate surface area is 125 Å². The molecule has 1 aromatic carbocycles. The van der Waals surface area contributed by atoms with Crippen LogP contribution < -0.4 is 5.32 Å². The first-order valence-electron chi connectivity index (χ1n) is 5.83. The minimum Gasteiger partial charge on any atom is -0.322 e. The van der Waals surface area contributed by atoms with E-state index in [0.717, 1.165) is 16.0 Å². The zero-order chi connectivity index (χ0) is 13.8. The van der Waals surface area contributed by atoms with Gasteiger partial charge in [0.05, 0.1) is 9.35 Å². The van der Waals surface area contributed by atoms with Crippen LogP contribution in [-0.4, -0.2) is 24.9 Å². The first-order valence-corrected chi connectivity index (χ1v) is 7.51. The molecule has 0 aliphatic carbocycles. The van der Waals surface area contributed by atoms with E-state index in [2.05, 4.69) is 32.2 Å². The molecule has 0 aliphatic heterocycles. The number of hydrogen-bond acceptors (Lipinski definition) is 3. The molecule has 0 radical (unpaired) electrons. The molecule has 0 saturated carbocycles. The fraction of sp³-hybridized carbons (Fsp3) is 0.214. The number of carbonyl (C=O) groups excluding carboxylic acids is 1. The molecule has 0 atom stereocenters. The van der Waals surface area contributed by atoms with Crippen molar-refractivity contribution in [3.05, 3.63) is 50.6 Å². The number of anilines is 1. The summed E-state index contributed by atoms with van der Waals surface area (Å²) in [5.74, 6) is -0.0797. The fourth-order valence-corrected chi connectivity index (χ4v) is 2.88. The zero-order valence-corrected chi connectivity index (χ0v) is 13.2. The Balaban J connectivity index is 2.08. The van der Waals surface area contributed by atoms with Crippen molar-refractivity contribution < 1.29 is 4.79 Å². The lowest BCUT2D eigenvalue weighted by atomic mass is 10.2. The van der Waals surface area contributed by atoms with Crippen LogP contribution in [0.15, 0.2) is 39.5 Å². The van der Waals surface area contributed by atoms with Gasteiger partial charge in [0.2, 0.25) is 0 Å². The van der Waals surface area contributed by atoms with Gasteiger partial charge in [-0.2, -0.15) is 0 Å². The molecule has 2 rings (SSSR count). The molecule has 100 valence electrons. The molecule has 1 amide bonds. The van der Waals surface area contributed by atoms with Gasteiger partial charge >= 0.3 is 0 Å². The number of nitrogens with zero attached hydrogens (tertiary/aromatic N) is 1. The summed E-state index contributed by atoms with van der Waals surface area (Å²) in [6.07, 6.45) is 0. The van der Waals surface area contributed by atoms with Gasteiger partial charge < -0.3 is 10.2 Å². The van der Waals surface area contributed by atoms with E-state index in [1.54, 1.807) is 0 Å². The number of hydrogen-bond donors (Lipinski definition) is 1. The molecular formula is C14H15BrN2OS. The minimum atomic E-state index is -0.0797. The van der Waals surface area contributed by atoms with Crippen molar-refractivity contribution in [2.45, 2.75) is 6.54 Å². The normalized spacial score (nSPS) is 10.7. The molecule has 0 aliphatic rings. The maximum Gasteiger partial charge on any atom is 0.256 e. The third-order valence-corrected chi connectivity index (χ3v) is 4.02. The van der Waals surface area contributed by atoms with Gasteiger partial charge in [0.25, 0.3) is 5.91 Å². The van der Waals surface area contributed by atoms with Crippen LogP contribution in [-0.2, 0) is 6.54 Å². The predicted octanol–water partition coefficient (Wildman–Crippen LogP) is 3.82. The van der Waals surface area contributed by atoms with E-state index in [4.69, 9.17) is 0 Å². The van der Waals surface area contributed by atoms with Crippen molar-refractivity contribution >= 4 is 38.9 Å². The summed E-state index contributed by atoms with van der Waals surface area (Å²) < 4.78 is 0.957. The number of nitrogens with one attached hydrogen (secondary N) is 1. The van der Waals surface area contributed by atoms with Crippen LogP contribution >= 0.6 is 27.3 Å². The van der Waals surface area contributed by atoms with Gasteiger partial charge in [-0.15, -0.1) is 11.3 Å². The van der Waals surface area contributed by atoms with E-state index in [1.165, 1.54) is 16.9 Å². The van der Waals surface area contributed by atoms with E-state index in [1.807, 2.05) is 43.7 Å². The number of halogens is 1. The second kappa shape index (κ2) is 6.32. The molecule has 0 spiro atoms. The Hall–Kier alpha value is -1.17. The van der Waals surface area contributed by atoms with Crippen molar-refractivity contribution in [3.63, 3.8) is 0 Å². The fourth-order valence-electron chi connectivity index (χ4n) is 1.74. The van der Waals surface area contributed by atoms with Crippen molar-refractivity contribution in [1.29, 1.82) is 0 Å². The lowest BCUT2D eigenvalue weighted by Gasteiger charge is -2.11. The van der Waals surface area contributed by atoms with Gasteiger partial charge in [0.15, 0.2) is 0 Å². The van der Waals surface area contributed by atoms with E-state index < -0.39 is 0 Å². The van der Waals surface area contributed by atoms with Gasteiger partial charge in [-0.3, -0.25) is 4.79 Å². The lowest BCUT2D eigenvalue weighted by Crippen LogP contribution is -2.13. The summed E-state index contributed by atoms with van der Waals surface area (Å²) in [4.78, 5) is 14.1. The summed E-state index contributed by atoms with van der Waals surface area (Å²) in [6, 6.07) is 9.73. The summed E-state index contributed by atoms with van der Waals surface area (Å²) in [5, 5.41) is 4.75. The maximum absolute atomic E-state index is 12.0. The third kappa shape index (κ3) is 4.16.